The molecule has 0 radical (unpaired) electrons. The number of aliphatic imine (C=N–C) groups is 1. The van der Waals surface area contributed by atoms with Crippen LogP contribution in [0.5, 0.6) is 0 Å². The minimum absolute atomic E-state index is 0.242. The maximum Gasteiger partial charge on any atom is 0.225 e. The summed E-state index contributed by atoms with van der Waals surface area (Å²) in [7, 11) is 1.77. The van der Waals surface area contributed by atoms with Crippen molar-refractivity contribution in [2.75, 3.05) is 20.1 Å². The molecule has 1 atom stereocenters. The van der Waals surface area contributed by atoms with Crippen molar-refractivity contribution in [3.63, 3.8) is 0 Å². The Morgan fingerprint density at radius 2 is 2.07 bits per heavy atom. The van der Waals surface area contributed by atoms with Crippen LogP contribution in [-0.4, -0.2) is 57.5 Å². The van der Waals surface area contributed by atoms with E-state index in [4.69, 9.17) is 0 Å². The van der Waals surface area contributed by atoms with Gasteiger partial charge >= 0.3 is 0 Å². The number of imidazole rings is 1. The molecule has 2 aromatic heterocycles. The van der Waals surface area contributed by atoms with Gasteiger partial charge in [-0.2, -0.15) is 0 Å². The second-order valence-electron chi connectivity index (χ2n) is 8.19. The van der Waals surface area contributed by atoms with E-state index in [1.807, 2.05) is 34.9 Å². The second kappa shape index (κ2) is 9.28. The van der Waals surface area contributed by atoms with Crippen LogP contribution in [0.15, 0.2) is 35.7 Å². The molecule has 1 aliphatic heterocycles. The normalized spacial score (nSPS) is 20.0. The van der Waals surface area contributed by atoms with Crippen molar-refractivity contribution < 1.29 is 4.79 Å². The fourth-order valence-electron chi connectivity index (χ4n) is 4.37. The Balaban J connectivity index is 1.26. The van der Waals surface area contributed by atoms with Crippen LogP contribution in [-0.2, 0) is 11.3 Å². The van der Waals surface area contributed by atoms with Crippen LogP contribution in [0, 0.1) is 12.8 Å². The number of hydrogen-bond acceptors (Lipinski definition) is 4. The number of carbonyl (C=O) groups is 1. The van der Waals surface area contributed by atoms with E-state index in [9.17, 15) is 4.79 Å². The number of likely N-dealkylation sites (tertiary alicyclic amines) is 1. The SMILES string of the molecule is CN=C(NCc1ccc(-n2ccnc2C)nc1)NC1CCN(C(=O)C2CCCC2)C1. The van der Waals surface area contributed by atoms with E-state index in [1.165, 1.54) is 12.8 Å². The van der Waals surface area contributed by atoms with Crippen LogP contribution in [0.3, 0.4) is 0 Å². The molecule has 2 aliphatic rings. The van der Waals surface area contributed by atoms with Gasteiger partial charge in [0.1, 0.15) is 11.6 Å². The first-order chi connectivity index (χ1) is 14.6. The van der Waals surface area contributed by atoms with Crippen LogP contribution in [0.1, 0.15) is 43.5 Å². The molecule has 4 rings (SSSR count). The van der Waals surface area contributed by atoms with E-state index in [2.05, 4.69) is 31.7 Å². The zero-order chi connectivity index (χ0) is 20.9. The Morgan fingerprint density at radius 1 is 1.23 bits per heavy atom. The first-order valence-electron chi connectivity index (χ1n) is 10.9. The van der Waals surface area contributed by atoms with E-state index in [0.717, 1.165) is 55.5 Å². The molecule has 30 heavy (non-hydrogen) atoms. The highest BCUT2D eigenvalue weighted by Gasteiger charge is 2.32. The van der Waals surface area contributed by atoms with Crippen molar-refractivity contribution in [3.8, 4) is 5.82 Å². The van der Waals surface area contributed by atoms with E-state index in [0.29, 0.717) is 12.5 Å². The summed E-state index contributed by atoms with van der Waals surface area (Å²) in [5, 5.41) is 6.82. The summed E-state index contributed by atoms with van der Waals surface area (Å²) in [6.45, 7) is 4.19. The van der Waals surface area contributed by atoms with Gasteiger partial charge < -0.3 is 15.5 Å². The highest BCUT2D eigenvalue weighted by Crippen LogP contribution is 2.27. The van der Waals surface area contributed by atoms with Crippen molar-refractivity contribution in [3.05, 3.63) is 42.1 Å². The Bertz CT molecular complexity index is 883. The molecule has 160 valence electrons. The van der Waals surface area contributed by atoms with Crippen molar-refractivity contribution in [1.82, 2.24) is 30.1 Å². The summed E-state index contributed by atoms with van der Waals surface area (Å²) < 4.78 is 1.95. The van der Waals surface area contributed by atoms with Crippen LogP contribution < -0.4 is 10.6 Å². The van der Waals surface area contributed by atoms with Gasteiger partial charge in [0.15, 0.2) is 5.96 Å². The van der Waals surface area contributed by atoms with E-state index >= 15 is 0 Å². The number of guanidine groups is 1. The van der Waals surface area contributed by atoms with Gasteiger partial charge in [-0.3, -0.25) is 14.4 Å². The van der Waals surface area contributed by atoms with Crippen LogP contribution in [0.4, 0.5) is 0 Å². The minimum atomic E-state index is 0.242. The van der Waals surface area contributed by atoms with Gasteiger partial charge in [-0.1, -0.05) is 18.9 Å². The maximum absolute atomic E-state index is 12.6. The lowest BCUT2D eigenvalue weighted by Gasteiger charge is -2.21. The standard InChI is InChI=1S/C22H31N7O/c1-16-24-10-12-29(16)20-8-7-17(13-25-20)14-26-22(23-2)27-19-9-11-28(15-19)21(30)18-5-3-4-6-18/h7-8,10,12-13,18-19H,3-6,9,11,14-15H2,1-2H3,(H2,23,26,27). The molecular weight excluding hydrogens is 378 g/mol. The summed E-state index contributed by atoms with van der Waals surface area (Å²) in [6, 6.07) is 4.29. The highest BCUT2D eigenvalue weighted by atomic mass is 16.2. The number of nitrogens with zero attached hydrogens (tertiary/aromatic N) is 5. The fourth-order valence-corrected chi connectivity index (χ4v) is 4.37. The topological polar surface area (TPSA) is 87.4 Å². The minimum Gasteiger partial charge on any atom is -0.352 e. The lowest BCUT2D eigenvalue weighted by atomic mass is 10.1. The van der Waals surface area contributed by atoms with Crippen molar-refractivity contribution >= 4 is 11.9 Å². The summed E-state index contributed by atoms with van der Waals surface area (Å²) in [5.41, 5.74) is 1.07. The molecule has 1 saturated carbocycles. The van der Waals surface area contributed by atoms with Gasteiger partial charge in [0.25, 0.3) is 0 Å². The molecule has 3 heterocycles. The van der Waals surface area contributed by atoms with Gasteiger partial charge in [0.05, 0.1) is 0 Å². The monoisotopic (exact) mass is 409 g/mol. The predicted molar refractivity (Wildman–Crippen MR) is 116 cm³/mol. The molecule has 1 aliphatic carbocycles. The molecule has 0 bridgehead atoms. The van der Waals surface area contributed by atoms with Gasteiger partial charge in [-0.05, 0) is 37.8 Å². The molecule has 2 aromatic rings. The highest BCUT2D eigenvalue weighted by molar-refractivity contribution is 5.81. The molecule has 2 fully saturated rings. The van der Waals surface area contributed by atoms with Crippen LogP contribution in [0.25, 0.3) is 5.82 Å². The van der Waals surface area contributed by atoms with Gasteiger partial charge in [-0.15, -0.1) is 0 Å². The Morgan fingerprint density at radius 3 is 2.73 bits per heavy atom. The smallest absolute Gasteiger partial charge is 0.225 e. The fraction of sp³-hybridized carbons (Fsp3) is 0.545. The number of nitrogens with one attached hydrogen (secondary N) is 2. The average Bonchev–Trinajstić information content (AvgIpc) is 3.53. The second-order valence-corrected chi connectivity index (χ2v) is 8.19. The summed E-state index contributed by atoms with van der Waals surface area (Å²) in [5.74, 6) is 3.12. The number of pyridine rings is 1. The molecule has 1 unspecified atom stereocenters. The maximum atomic E-state index is 12.6. The molecule has 0 aromatic carbocycles. The van der Waals surface area contributed by atoms with Gasteiger partial charge in [-0.25, -0.2) is 9.97 Å². The summed E-state index contributed by atoms with van der Waals surface area (Å²) in [6.07, 6.45) is 11.0. The lowest BCUT2D eigenvalue weighted by molar-refractivity contribution is -0.134. The summed E-state index contributed by atoms with van der Waals surface area (Å²) >= 11 is 0. The Hall–Kier alpha value is -2.90. The Labute approximate surface area is 177 Å². The first kappa shape index (κ1) is 20.4. The van der Waals surface area contributed by atoms with Crippen LogP contribution in [0.2, 0.25) is 0 Å². The van der Waals surface area contributed by atoms with E-state index < -0.39 is 0 Å². The van der Waals surface area contributed by atoms with E-state index in [-0.39, 0.29) is 12.0 Å². The number of carbonyl (C=O) groups excluding carboxylic acids is 1. The quantitative estimate of drug-likeness (QED) is 0.583. The molecule has 8 heteroatoms. The van der Waals surface area contributed by atoms with Gasteiger partial charge in [0.2, 0.25) is 5.91 Å². The molecular formula is C22H31N7O. The third kappa shape index (κ3) is 4.63. The third-order valence-corrected chi connectivity index (χ3v) is 6.11. The van der Waals surface area contributed by atoms with E-state index in [1.54, 1.807) is 13.2 Å². The molecule has 8 nitrogen and oxygen atoms in total. The number of hydrogen-bond donors (Lipinski definition) is 2. The molecule has 2 N–H and O–H groups in total. The summed E-state index contributed by atoms with van der Waals surface area (Å²) in [4.78, 5) is 27.8. The van der Waals surface area contributed by atoms with Crippen molar-refractivity contribution in [2.24, 2.45) is 10.9 Å². The molecule has 1 amide bonds. The average molecular weight is 410 g/mol. The molecule has 0 spiro atoms. The number of aromatic nitrogens is 3. The zero-order valence-electron chi connectivity index (χ0n) is 17.8. The molecule has 1 saturated heterocycles. The Kier molecular flexibility index (Phi) is 6.30. The number of aryl methyl sites for hydroxylation is 1. The van der Waals surface area contributed by atoms with Crippen molar-refractivity contribution in [1.29, 1.82) is 0 Å². The predicted octanol–water partition coefficient (Wildman–Crippen LogP) is 2.03. The van der Waals surface area contributed by atoms with Crippen molar-refractivity contribution in [2.45, 2.75) is 51.6 Å². The van der Waals surface area contributed by atoms with Crippen LogP contribution >= 0.6 is 0 Å². The number of rotatable bonds is 5. The third-order valence-electron chi connectivity index (χ3n) is 6.11. The zero-order valence-corrected chi connectivity index (χ0v) is 17.8. The largest absolute Gasteiger partial charge is 0.352 e. The first-order valence-corrected chi connectivity index (χ1v) is 10.9. The lowest BCUT2D eigenvalue weighted by Crippen LogP contribution is -2.45. The number of amides is 1. The van der Waals surface area contributed by atoms with Gasteiger partial charge in [0, 0.05) is 57.2 Å².